The third-order valence-corrected chi connectivity index (χ3v) is 5.70. The highest BCUT2D eigenvalue weighted by Gasteiger charge is 2.24. The van der Waals surface area contributed by atoms with Crippen LogP contribution in [0, 0.1) is 0 Å². The van der Waals surface area contributed by atoms with Gasteiger partial charge in [0, 0.05) is 29.4 Å². The molecule has 2 aromatic carbocycles. The zero-order valence-electron chi connectivity index (χ0n) is 13.8. The first-order valence-electron chi connectivity index (χ1n) is 8.12. The minimum Gasteiger partial charge on any atom is -0.312 e. The lowest BCUT2D eigenvalue weighted by Gasteiger charge is -2.29. The van der Waals surface area contributed by atoms with E-state index >= 15 is 0 Å². The summed E-state index contributed by atoms with van der Waals surface area (Å²) in [6.45, 7) is 2.69. The van der Waals surface area contributed by atoms with E-state index in [0.29, 0.717) is 30.1 Å². The lowest BCUT2D eigenvalue weighted by molar-refractivity contribution is -0.118. The smallest absolute Gasteiger partial charge is 0.261 e. The van der Waals surface area contributed by atoms with Gasteiger partial charge in [0.15, 0.2) is 0 Å². The van der Waals surface area contributed by atoms with Crippen LogP contribution in [0.3, 0.4) is 0 Å². The summed E-state index contributed by atoms with van der Waals surface area (Å²) in [7, 11) is -3.71. The second-order valence-electron chi connectivity index (χ2n) is 5.95. The summed E-state index contributed by atoms with van der Waals surface area (Å²) in [5.41, 5.74) is 2.31. The van der Waals surface area contributed by atoms with Crippen molar-refractivity contribution < 1.29 is 13.2 Å². The minimum atomic E-state index is -3.71. The average Bonchev–Trinajstić information content (AvgIpc) is 2.57. The van der Waals surface area contributed by atoms with Gasteiger partial charge in [-0.3, -0.25) is 9.52 Å². The summed E-state index contributed by atoms with van der Waals surface area (Å²) in [5, 5.41) is 0.363. The van der Waals surface area contributed by atoms with E-state index in [1.54, 1.807) is 35.2 Å². The van der Waals surface area contributed by atoms with Gasteiger partial charge in [-0.25, -0.2) is 8.42 Å². The van der Waals surface area contributed by atoms with E-state index in [2.05, 4.69) is 4.72 Å². The Hall–Kier alpha value is -2.05. The maximum atomic E-state index is 12.5. The summed E-state index contributed by atoms with van der Waals surface area (Å²) >= 11 is 5.88. The number of benzene rings is 2. The third kappa shape index (κ3) is 3.80. The van der Waals surface area contributed by atoms with Crippen LogP contribution in [0.5, 0.6) is 0 Å². The van der Waals surface area contributed by atoms with Crippen LogP contribution >= 0.6 is 11.6 Å². The number of fused-ring (bicyclic) bond motifs is 1. The van der Waals surface area contributed by atoms with E-state index in [1.165, 1.54) is 12.1 Å². The van der Waals surface area contributed by atoms with E-state index in [4.69, 9.17) is 11.6 Å². The fraction of sp³-hybridized carbons (Fsp3) is 0.278. The van der Waals surface area contributed by atoms with Gasteiger partial charge in [0.05, 0.1) is 4.90 Å². The first kappa shape index (κ1) is 17.8. The molecule has 0 aliphatic carbocycles. The van der Waals surface area contributed by atoms with Crippen LogP contribution < -0.4 is 9.62 Å². The molecule has 0 aromatic heterocycles. The predicted molar refractivity (Wildman–Crippen MR) is 99.7 cm³/mol. The van der Waals surface area contributed by atoms with Gasteiger partial charge in [-0.15, -0.1) is 0 Å². The van der Waals surface area contributed by atoms with Crippen molar-refractivity contribution in [2.45, 2.75) is 31.1 Å². The number of hydrogen-bond acceptors (Lipinski definition) is 3. The highest BCUT2D eigenvalue weighted by Crippen LogP contribution is 2.31. The Morgan fingerprint density at radius 1 is 1.16 bits per heavy atom. The van der Waals surface area contributed by atoms with Gasteiger partial charge in [-0.2, -0.15) is 0 Å². The number of carbonyl (C=O) groups is 1. The molecule has 0 atom stereocenters. The lowest BCUT2D eigenvalue weighted by Crippen LogP contribution is -2.35. The summed E-state index contributed by atoms with van der Waals surface area (Å²) in [4.78, 5) is 14.0. The maximum absolute atomic E-state index is 12.5. The Bertz CT molecular complexity index is 912. The molecule has 0 bridgehead atoms. The summed E-state index contributed by atoms with van der Waals surface area (Å²) in [6, 6.07) is 11.4. The van der Waals surface area contributed by atoms with E-state index in [1.807, 2.05) is 6.92 Å². The van der Waals surface area contributed by atoms with E-state index in [-0.39, 0.29) is 10.8 Å². The van der Waals surface area contributed by atoms with Crippen molar-refractivity contribution in [3.63, 3.8) is 0 Å². The molecule has 0 radical (unpaired) electrons. The van der Waals surface area contributed by atoms with Crippen LogP contribution in [0.25, 0.3) is 0 Å². The van der Waals surface area contributed by atoms with Gasteiger partial charge in [-0.05, 0) is 54.8 Å². The van der Waals surface area contributed by atoms with E-state index < -0.39 is 10.0 Å². The number of carbonyl (C=O) groups excluding carboxylic acids is 1. The molecule has 0 saturated heterocycles. The molecule has 1 heterocycles. The molecule has 2 aromatic rings. The molecule has 25 heavy (non-hydrogen) atoms. The highest BCUT2D eigenvalue weighted by atomic mass is 35.5. The number of sulfonamides is 1. The molecule has 7 heteroatoms. The molecule has 1 aliphatic heterocycles. The van der Waals surface area contributed by atoms with Crippen molar-refractivity contribution in [2.24, 2.45) is 0 Å². The summed E-state index contributed by atoms with van der Waals surface area (Å²) in [6.07, 6.45) is 1.92. The number of rotatable bonds is 5. The van der Waals surface area contributed by atoms with Crippen molar-refractivity contribution in [3.05, 3.63) is 53.1 Å². The number of anilines is 2. The molecule has 3 rings (SSSR count). The highest BCUT2D eigenvalue weighted by molar-refractivity contribution is 7.92. The van der Waals surface area contributed by atoms with Gasteiger partial charge in [-0.1, -0.05) is 24.6 Å². The second kappa shape index (κ2) is 7.06. The van der Waals surface area contributed by atoms with Crippen molar-refractivity contribution in [3.8, 4) is 0 Å². The Morgan fingerprint density at radius 3 is 2.68 bits per heavy atom. The normalized spacial score (nSPS) is 14.3. The standard InChI is InChI=1S/C18H19ClN2O3S/c1-2-10-21-17-8-7-15(11-13(17)6-9-18(21)22)20-25(23,24)16-5-3-4-14(19)12-16/h3-5,7-8,11-12,20H,2,6,9-10H2,1H3. The molecule has 1 amide bonds. The largest absolute Gasteiger partial charge is 0.312 e. The Labute approximate surface area is 152 Å². The second-order valence-corrected chi connectivity index (χ2v) is 8.07. The predicted octanol–water partition coefficient (Wildman–Crippen LogP) is 3.83. The average molecular weight is 379 g/mol. The van der Waals surface area contributed by atoms with Crippen molar-refractivity contribution in [1.82, 2.24) is 0 Å². The molecule has 132 valence electrons. The van der Waals surface area contributed by atoms with E-state index in [9.17, 15) is 13.2 Å². The zero-order valence-corrected chi connectivity index (χ0v) is 15.4. The van der Waals surface area contributed by atoms with Gasteiger partial charge in [0.25, 0.3) is 10.0 Å². The topological polar surface area (TPSA) is 66.5 Å². The van der Waals surface area contributed by atoms with Gasteiger partial charge >= 0.3 is 0 Å². The van der Waals surface area contributed by atoms with Crippen LogP contribution in [0.4, 0.5) is 11.4 Å². The molecule has 5 nitrogen and oxygen atoms in total. The van der Waals surface area contributed by atoms with Gasteiger partial charge < -0.3 is 4.90 Å². The lowest BCUT2D eigenvalue weighted by atomic mass is 10.0. The Balaban J connectivity index is 1.89. The quantitative estimate of drug-likeness (QED) is 0.859. The monoisotopic (exact) mass is 378 g/mol. The fourth-order valence-corrected chi connectivity index (χ4v) is 4.29. The van der Waals surface area contributed by atoms with Crippen molar-refractivity contribution >= 4 is 38.9 Å². The number of halogens is 1. The van der Waals surface area contributed by atoms with Crippen LogP contribution in [-0.4, -0.2) is 20.9 Å². The number of nitrogens with zero attached hydrogens (tertiary/aromatic N) is 1. The Morgan fingerprint density at radius 2 is 1.96 bits per heavy atom. The molecular formula is C18H19ClN2O3S. The Kier molecular flexibility index (Phi) is 5.01. The molecular weight excluding hydrogens is 360 g/mol. The van der Waals surface area contributed by atoms with E-state index in [0.717, 1.165) is 17.7 Å². The zero-order chi connectivity index (χ0) is 18.0. The van der Waals surface area contributed by atoms with Gasteiger partial charge in [0.2, 0.25) is 5.91 Å². The maximum Gasteiger partial charge on any atom is 0.261 e. The molecule has 0 spiro atoms. The SMILES string of the molecule is CCCN1C(=O)CCc2cc(NS(=O)(=O)c3cccc(Cl)c3)ccc21. The van der Waals surface area contributed by atoms with Crippen molar-refractivity contribution in [2.75, 3.05) is 16.2 Å². The molecule has 1 aliphatic rings. The number of amides is 1. The first-order chi connectivity index (χ1) is 11.9. The number of nitrogens with one attached hydrogen (secondary N) is 1. The number of hydrogen-bond donors (Lipinski definition) is 1. The van der Waals surface area contributed by atoms with Crippen LogP contribution in [-0.2, 0) is 21.2 Å². The van der Waals surface area contributed by atoms with Crippen LogP contribution in [0.2, 0.25) is 5.02 Å². The summed E-state index contributed by atoms with van der Waals surface area (Å²) < 4.78 is 27.6. The number of aryl methyl sites for hydroxylation is 1. The minimum absolute atomic E-state index is 0.112. The van der Waals surface area contributed by atoms with Gasteiger partial charge in [0.1, 0.15) is 0 Å². The van der Waals surface area contributed by atoms with Crippen LogP contribution in [0.15, 0.2) is 47.4 Å². The third-order valence-electron chi connectivity index (χ3n) is 4.09. The van der Waals surface area contributed by atoms with Crippen molar-refractivity contribution in [1.29, 1.82) is 0 Å². The molecule has 0 fully saturated rings. The van der Waals surface area contributed by atoms with Crippen LogP contribution in [0.1, 0.15) is 25.3 Å². The molecule has 0 unspecified atom stereocenters. The first-order valence-corrected chi connectivity index (χ1v) is 9.98. The fourth-order valence-electron chi connectivity index (χ4n) is 2.94. The molecule has 1 N–H and O–H groups in total. The molecule has 0 saturated carbocycles. The summed E-state index contributed by atoms with van der Waals surface area (Å²) in [5.74, 6) is 0.113.